The molecule has 0 aliphatic heterocycles. The largest absolute Gasteiger partial charge is 0.456 e. The Hall–Kier alpha value is -2.14. The molecule has 3 aromatic rings. The van der Waals surface area contributed by atoms with Crippen molar-refractivity contribution in [2.24, 2.45) is 7.05 Å². The van der Waals surface area contributed by atoms with E-state index in [1.54, 1.807) is 6.07 Å². The molecule has 0 fully saturated rings. The fourth-order valence-corrected chi connectivity index (χ4v) is 2.65. The lowest BCUT2D eigenvalue weighted by Crippen LogP contribution is -2.23. The molecule has 1 unspecified atom stereocenters. The Bertz CT molecular complexity index is 775. The normalized spacial score (nSPS) is 13.0. The lowest BCUT2D eigenvalue weighted by atomic mass is 10.1. The molecule has 3 rings (SSSR count). The monoisotopic (exact) mass is 287 g/mol. The van der Waals surface area contributed by atoms with Crippen LogP contribution in [0.3, 0.4) is 0 Å². The molecule has 0 amide bonds. The number of para-hydroxylation sites is 1. The summed E-state index contributed by atoms with van der Waals surface area (Å²) in [6.45, 7) is 4.75. The third-order valence-electron chi connectivity index (χ3n) is 3.54. The van der Waals surface area contributed by atoms with E-state index in [0.717, 1.165) is 23.3 Å². The quantitative estimate of drug-likeness (QED) is 0.800. The topological polar surface area (TPSA) is 43.0 Å². The van der Waals surface area contributed by atoms with E-state index in [1.165, 1.54) is 6.07 Å². The molecule has 1 N–H and O–H groups in total. The van der Waals surface area contributed by atoms with Crippen molar-refractivity contribution in [3.8, 4) is 0 Å². The fraction of sp³-hybridized carbons (Fsp3) is 0.312. The van der Waals surface area contributed by atoms with Gasteiger partial charge in [0.15, 0.2) is 11.4 Å². The minimum absolute atomic E-state index is 0.145. The van der Waals surface area contributed by atoms with Gasteiger partial charge < -0.3 is 9.73 Å². The summed E-state index contributed by atoms with van der Waals surface area (Å²) in [6.07, 6.45) is 0. The number of benzene rings is 1. The number of halogens is 1. The van der Waals surface area contributed by atoms with Gasteiger partial charge in [-0.25, -0.2) is 4.39 Å². The molecule has 5 heteroatoms. The van der Waals surface area contributed by atoms with Crippen LogP contribution in [0, 0.1) is 12.7 Å². The van der Waals surface area contributed by atoms with Crippen molar-refractivity contribution in [3.63, 3.8) is 0 Å². The van der Waals surface area contributed by atoms with Crippen LogP contribution in [0.1, 0.15) is 30.1 Å². The number of nitrogens with one attached hydrogen (secondary N) is 1. The Morgan fingerprint density at radius 3 is 2.81 bits per heavy atom. The molecule has 0 saturated heterocycles. The van der Waals surface area contributed by atoms with Crippen LogP contribution in [0.25, 0.3) is 11.0 Å². The van der Waals surface area contributed by atoms with Crippen LogP contribution in [0.2, 0.25) is 0 Å². The number of rotatable bonds is 4. The predicted molar refractivity (Wildman–Crippen MR) is 79.6 cm³/mol. The summed E-state index contributed by atoms with van der Waals surface area (Å²) in [5, 5.41) is 8.52. The van der Waals surface area contributed by atoms with Gasteiger partial charge in [-0.15, -0.1) is 0 Å². The van der Waals surface area contributed by atoms with Gasteiger partial charge in [-0.05, 0) is 31.7 Å². The minimum Gasteiger partial charge on any atom is -0.456 e. The Morgan fingerprint density at radius 1 is 1.38 bits per heavy atom. The lowest BCUT2D eigenvalue weighted by Gasteiger charge is -2.15. The van der Waals surface area contributed by atoms with Gasteiger partial charge in [0.25, 0.3) is 0 Å². The van der Waals surface area contributed by atoms with Crippen molar-refractivity contribution < 1.29 is 8.81 Å². The average molecular weight is 287 g/mol. The number of aryl methyl sites for hydroxylation is 2. The first-order valence-electron chi connectivity index (χ1n) is 7.02. The number of aromatic nitrogens is 2. The first-order chi connectivity index (χ1) is 10.1. The summed E-state index contributed by atoms with van der Waals surface area (Å²) in [6, 6.07) is 8.70. The number of hydrogen-bond donors (Lipinski definition) is 1. The van der Waals surface area contributed by atoms with Crippen molar-refractivity contribution in [1.29, 1.82) is 0 Å². The second-order valence-corrected chi connectivity index (χ2v) is 5.13. The van der Waals surface area contributed by atoms with Gasteiger partial charge in [0, 0.05) is 12.4 Å². The lowest BCUT2D eigenvalue weighted by molar-refractivity contribution is 0.449. The number of nitrogens with zero attached hydrogens (tertiary/aromatic N) is 2. The van der Waals surface area contributed by atoms with Gasteiger partial charge in [-0.3, -0.25) is 4.68 Å². The Balaban J connectivity index is 2.11. The first kappa shape index (κ1) is 13.8. The van der Waals surface area contributed by atoms with Crippen LogP contribution in [0.15, 0.2) is 34.7 Å². The molecule has 0 radical (unpaired) electrons. The summed E-state index contributed by atoms with van der Waals surface area (Å²) in [7, 11) is 1.90. The highest BCUT2D eigenvalue weighted by Gasteiger charge is 2.22. The first-order valence-corrected chi connectivity index (χ1v) is 7.02. The summed E-state index contributed by atoms with van der Waals surface area (Å²) in [5.74, 6) is 0.357. The van der Waals surface area contributed by atoms with E-state index in [4.69, 9.17) is 4.42 Å². The van der Waals surface area contributed by atoms with Crippen LogP contribution in [-0.2, 0) is 7.05 Å². The van der Waals surface area contributed by atoms with Gasteiger partial charge in [0.05, 0.1) is 11.4 Å². The van der Waals surface area contributed by atoms with Crippen molar-refractivity contribution in [3.05, 3.63) is 53.3 Å². The highest BCUT2D eigenvalue weighted by Crippen LogP contribution is 2.29. The Morgan fingerprint density at radius 2 is 2.19 bits per heavy atom. The van der Waals surface area contributed by atoms with Crippen molar-refractivity contribution in [1.82, 2.24) is 15.1 Å². The highest BCUT2D eigenvalue weighted by molar-refractivity contribution is 5.78. The molecule has 21 heavy (non-hydrogen) atoms. The third-order valence-corrected chi connectivity index (χ3v) is 3.54. The summed E-state index contributed by atoms with van der Waals surface area (Å²) in [5.41, 5.74) is 2.24. The van der Waals surface area contributed by atoms with Crippen molar-refractivity contribution >= 4 is 11.0 Å². The molecule has 0 bridgehead atoms. The van der Waals surface area contributed by atoms with E-state index in [1.807, 2.05) is 43.8 Å². The van der Waals surface area contributed by atoms with E-state index in [9.17, 15) is 4.39 Å². The van der Waals surface area contributed by atoms with Gasteiger partial charge in [0.2, 0.25) is 0 Å². The van der Waals surface area contributed by atoms with Gasteiger partial charge in [-0.2, -0.15) is 5.10 Å². The molecule has 1 aromatic carbocycles. The molecule has 0 spiro atoms. The zero-order valence-electron chi connectivity index (χ0n) is 12.4. The Labute approximate surface area is 122 Å². The van der Waals surface area contributed by atoms with Crippen LogP contribution in [0.4, 0.5) is 4.39 Å². The number of furan rings is 1. The molecule has 0 saturated carbocycles. The molecule has 0 aliphatic rings. The Kier molecular flexibility index (Phi) is 3.51. The molecule has 110 valence electrons. The maximum Gasteiger partial charge on any atom is 0.169 e. The van der Waals surface area contributed by atoms with E-state index in [2.05, 4.69) is 10.4 Å². The average Bonchev–Trinajstić information content (AvgIpc) is 3.00. The maximum atomic E-state index is 13.8. The number of fused-ring (bicyclic) bond motifs is 1. The maximum absolute atomic E-state index is 13.8. The second kappa shape index (κ2) is 5.33. The fourth-order valence-electron chi connectivity index (χ4n) is 2.65. The molecule has 0 aliphatic carbocycles. The summed E-state index contributed by atoms with van der Waals surface area (Å²) < 4.78 is 21.4. The molecule has 4 nitrogen and oxygen atoms in total. The molecule has 2 heterocycles. The zero-order valence-corrected chi connectivity index (χ0v) is 12.4. The van der Waals surface area contributed by atoms with Crippen LogP contribution in [0.5, 0.6) is 0 Å². The SMILES string of the molecule is CCNC(c1cc2cccc(F)c2o1)c1cc(C)nn1C. The standard InChI is InChI=1S/C16H18FN3O/c1-4-18-15(13-8-10(2)19-20(13)3)14-9-11-6-5-7-12(17)16(11)21-14/h5-9,15,18H,4H2,1-3H3. The molecular formula is C16H18FN3O. The highest BCUT2D eigenvalue weighted by atomic mass is 19.1. The molecule has 1 atom stereocenters. The minimum atomic E-state index is -0.338. The van der Waals surface area contributed by atoms with Crippen LogP contribution < -0.4 is 5.32 Å². The van der Waals surface area contributed by atoms with Crippen LogP contribution >= 0.6 is 0 Å². The van der Waals surface area contributed by atoms with Gasteiger partial charge in [-0.1, -0.05) is 19.1 Å². The predicted octanol–water partition coefficient (Wildman–Crippen LogP) is 3.31. The van der Waals surface area contributed by atoms with E-state index < -0.39 is 0 Å². The van der Waals surface area contributed by atoms with Crippen molar-refractivity contribution in [2.45, 2.75) is 19.9 Å². The zero-order chi connectivity index (χ0) is 15.0. The van der Waals surface area contributed by atoms with Gasteiger partial charge >= 0.3 is 0 Å². The molecule has 2 aromatic heterocycles. The van der Waals surface area contributed by atoms with Crippen molar-refractivity contribution in [2.75, 3.05) is 6.54 Å². The van der Waals surface area contributed by atoms with E-state index in [-0.39, 0.29) is 11.9 Å². The second-order valence-electron chi connectivity index (χ2n) is 5.13. The third kappa shape index (κ3) is 2.45. The summed E-state index contributed by atoms with van der Waals surface area (Å²) in [4.78, 5) is 0. The summed E-state index contributed by atoms with van der Waals surface area (Å²) >= 11 is 0. The van der Waals surface area contributed by atoms with E-state index >= 15 is 0 Å². The van der Waals surface area contributed by atoms with E-state index in [0.29, 0.717) is 11.3 Å². The van der Waals surface area contributed by atoms with Crippen LogP contribution in [-0.4, -0.2) is 16.3 Å². The van der Waals surface area contributed by atoms with Gasteiger partial charge in [0.1, 0.15) is 11.8 Å². The number of hydrogen-bond acceptors (Lipinski definition) is 3. The smallest absolute Gasteiger partial charge is 0.169 e. The molecular weight excluding hydrogens is 269 g/mol.